The van der Waals surface area contributed by atoms with Crippen LogP contribution in [0.2, 0.25) is 0 Å². The lowest BCUT2D eigenvalue weighted by atomic mass is 9.79. The minimum absolute atomic E-state index is 0.00332. The third-order valence-corrected chi connectivity index (χ3v) is 7.70. The van der Waals surface area contributed by atoms with Crippen LogP contribution >= 0.6 is 0 Å². The molecule has 0 saturated carbocycles. The molecule has 5 rings (SSSR count). The summed E-state index contributed by atoms with van der Waals surface area (Å²) >= 11 is 0. The fourth-order valence-corrected chi connectivity index (χ4v) is 5.52. The van der Waals surface area contributed by atoms with Crippen LogP contribution in [-0.2, 0) is 17.1 Å². The van der Waals surface area contributed by atoms with Crippen LogP contribution in [0.3, 0.4) is 0 Å². The van der Waals surface area contributed by atoms with E-state index in [4.69, 9.17) is 16.9 Å². The summed E-state index contributed by atoms with van der Waals surface area (Å²) in [6, 6.07) is 20.7. The van der Waals surface area contributed by atoms with E-state index in [0.29, 0.717) is 17.8 Å². The molecule has 0 aromatic heterocycles. The summed E-state index contributed by atoms with van der Waals surface area (Å²) in [4.78, 5) is 14.1. The summed E-state index contributed by atoms with van der Waals surface area (Å²) in [5, 5.41) is 8.64. The summed E-state index contributed by atoms with van der Waals surface area (Å²) in [6.45, 7) is 0. The first-order chi connectivity index (χ1) is 19.6. The maximum atomic E-state index is 14.1. The molecule has 4 aromatic carbocycles. The van der Waals surface area contributed by atoms with Gasteiger partial charge in [-0.2, -0.15) is 30.8 Å². The Labute approximate surface area is 237 Å². The molecule has 3 atom stereocenters. The molecule has 1 amide bonds. The molecular weight excluding hydrogens is 558 g/mol. The summed E-state index contributed by atoms with van der Waals surface area (Å²) in [6.07, 6.45) is -10.2. The zero-order valence-corrected chi connectivity index (χ0v) is 22.1. The van der Waals surface area contributed by atoms with Crippen LogP contribution in [0.15, 0.2) is 91.0 Å². The van der Waals surface area contributed by atoms with Crippen molar-refractivity contribution in [1.29, 1.82) is 5.41 Å². The van der Waals surface area contributed by atoms with Crippen molar-refractivity contribution in [3.8, 4) is 0 Å². The second kappa shape index (κ2) is 10.1. The molecule has 0 radical (unpaired) electrons. The minimum Gasteiger partial charge on any atom is -0.398 e. The van der Waals surface area contributed by atoms with Crippen molar-refractivity contribution in [3.63, 3.8) is 0 Å². The third-order valence-electron chi connectivity index (χ3n) is 7.70. The van der Waals surface area contributed by atoms with Crippen molar-refractivity contribution in [2.24, 2.45) is 5.73 Å². The number of carbonyl (C=O) groups is 1. The number of nitrogens with one attached hydrogen (secondary N) is 1. The number of nitrogens with two attached hydrogens (primary N) is 2. The van der Waals surface area contributed by atoms with Crippen LogP contribution in [0.25, 0.3) is 0 Å². The van der Waals surface area contributed by atoms with Crippen molar-refractivity contribution in [1.82, 2.24) is 4.48 Å². The number of rotatable bonds is 4. The molecule has 42 heavy (non-hydrogen) atoms. The molecule has 11 heteroatoms. The van der Waals surface area contributed by atoms with Crippen molar-refractivity contribution in [2.45, 2.75) is 24.3 Å². The van der Waals surface area contributed by atoms with Gasteiger partial charge in [-0.25, -0.2) is 4.79 Å². The van der Waals surface area contributed by atoms with E-state index in [0.717, 1.165) is 11.1 Å². The first-order valence-corrected chi connectivity index (χ1v) is 12.7. The number of hydrogen-bond donors (Lipinski definition) is 3. The van der Waals surface area contributed by atoms with Crippen LogP contribution in [0.4, 0.5) is 43.4 Å². The van der Waals surface area contributed by atoms with Gasteiger partial charge in [-0.1, -0.05) is 48.5 Å². The highest BCUT2D eigenvalue weighted by Crippen LogP contribution is 2.47. The summed E-state index contributed by atoms with van der Waals surface area (Å²) in [5.74, 6) is -0.859. The molecule has 1 aliphatic heterocycles. The van der Waals surface area contributed by atoms with Gasteiger partial charge in [0.1, 0.15) is 17.4 Å². The van der Waals surface area contributed by atoms with E-state index in [1.165, 1.54) is 18.2 Å². The number of para-hydroxylation sites is 1. The molecule has 0 bridgehead atoms. The Hall–Kier alpha value is -4.48. The monoisotopic (exact) mass is 583 g/mol. The highest BCUT2D eigenvalue weighted by molar-refractivity contribution is 6.15. The van der Waals surface area contributed by atoms with E-state index in [1.54, 1.807) is 19.2 Å². The Morgan fingerprint density at radius 1 is 0.810 bits per heavy atom. The van der Waals surface area contributed by atoms with Crippen molar-refractivity contribution in [2.75, 3.05) is 12.8 Å². The Morgan fingerprint density at radius 3 is 1.98 bits per heavy atom. The number of anilines is 1. The fourth-order valence-electron chi connectivity index (χ4n) is 5.52. The molecule has 1 aliphatic rings. The standard InChI is InChI=1S/C31H25F6N4O/c1-41(25-10-6-5-9-22(25)26(28(40)29(41)42)17-7-3-2-4-8-17)21-11-12-24(38)23(16-21)27(39)18-13-19(30(32,33)34)15-20(14-18)31(35,36)37/h2-16,26,28,39H,38,40H2,1H3/q+1/t26?,28-,41?/m1/s1. The molecule has 4 aromatic rings. The Morgan fingerprint density at radius 2 is 1.38 bits per heavy atom. The highest BCUT2D eigenvalue weighted by Gasteiger charge is 2.51. The molecule has 216 valence electrons. The van der Waals surface area contributed by atoms with E-state index in [9.17, 15) is 31.1 Å². The van der Waals surface area contributed by atoms with Crippen molar-refractivity contribution < 1.29 is 31.1 Å². The summed E-state index contributed by atoms with van der Waals surface area (Å²) in [5.41, 5.74) is 10.6. The number of alkyl halides is 6. The second-order valence-corrected chi connectivity index (χ2v) is 10.3. The van der Waals surface area contributed by atoms with E-state index >= 15 is 0 Å². The zero-order chi connectivity index (χ0) is 30.6. The molecular formula is C31H25F6N4O+. The number of carbonyl (C=O) groups excluding carboxylic acids is 1. The molecule has 5 nitrogen and oxygen atoms in total. The molecule has 0 spiro atoms. The summed E-state index contributed by atoms with van der Waals surface area (Å²) < 4.78 is 80.5. The quantitative estimate of drug-likeness (QED) is 0.105. The number of benzene rings is 4. The number of quaternary nitrogens is 1. The normalized spacial score (nSPS) is 20.7. The van der Waals surface area contributed by atoms with Gasteiger partial charge in [-0.05, 0) is 29.8 Å². The van der Waals surface area contributed by atoms with Crippen LogP contribution in [0.5, 0.6) is 0 Å². The molecule has 2 unspecified atom stereocenters. The topological polar surface area (TPSA) is 93.0 Å². The van der Waals surface area contributed by atoms with Gasteiger partial charge in [-0.15, -0.1) is 0 Å². The third kappa shape index (κ3) is 4.84. The number of amides is 1. The van der Waals surface area contributed by atoms with Crippen molar-refractivity contribution >= 4 is 28.7 Å². The Balaban J connectivity index is 1.66. The predicted octanol–water partition coefficient (Wildman–Crippen LogP) is 6.99. The van der Waals surface area contributed by atoms with Crippen LogP contribution in [0, 0.1) is 5.41 Å². The van der Waals surface area contributed by atoms with Gasteiger partial charge in [0.05, 0.1) is 23.9 Å². The average molecular weight is 584 g/mol. The van der Waals surface area contributed by atoms with E-state index in [2.05, 4.69) is 0 Å². The smallest absolute Gasteiger partial charge is 0.398 e. The Kier molecular flexibility index (Phi) is 6.99. The largest absolute Gasteiger partial charge is 0.416 e. The molecule has 5 N–H and O–H groups in total. The maximum Gasteiger partial charge on any atom is 0.416 e. The average Bonchev–Trinajstić information content (AvgIpc) is 2.95. The fraction of sp³-hybridized carbons (Fsp3) is 0.161. The predicted molar refractivity (Wildman–Crippen MR) is 148 cm³/mol. The van der Waals surface area contributed by atoms with E-state index in [1.807, 2.05) is 42.5 Å². The van der Waals surface area contributed by atoms with E-state index < -0.39 is 57.1 Å². The number of hydrogen-bond acceptors (Lipinski definition) is 4. The first-order valence-electron chi connectivity index (χ1n) is 12.7. The zero-order valence-electron chi connectivity index (χ0n) is 22.1. The van der Waals surface area contributed by atoms with Gasteiger partial charge >= 0.3 is 18.3 Å². The highest BCUT2D eigenvalue weighted by atomic mass is 19.4. The Bertz CT molecular complexity index is 1670. The van der Waals surface area contributed by atoms with Gasteiger partial charge in [-0.3, -0.25) is 5.41 Å². The second-order valence-electron chi connectivity index (χ2n) is 10.3. The molecule has 0 fully saturated rings. The van der Waals surface area contributed by atoms with Gasteiger partial charge in [0.25, 0.3) is 0 Å². The lowest BCUT2D eigenvalue weighted by molar-refractivity contribution is -0.143. The van der Waals surface area contributed by atoms with Crippen LogP contribution < -0.4 is 16.0 Å². The first kappa shape index (κ1) is 29.0. The number of nitrogens with zero attached hydrogens (tertiary/aromatic N) is 1. The number of nitrogen functional groups attached to an aromatic ring is 1. The van der Waals surface area contributed by atoms with Crippen molar-refractivity contribution in [3.05, 3.63) is 124 Å². The minimum atomic E-state index is -5.09. The maximum absolute atomic E-state index is 14.1. The number of fused-ring (bicyclic) bond motifs is 1. The van der Waals surface area contributed by atoms with Crippen LogP contribution in [0.1, 0.15) is 39.3 Å². The van der Waals surface area contributed by atoms with Crippen LogP contribution in [-0.4, -0.2) is 24.7 Å². The van der Waals surface area contributed by atoms with Gasteiger partial charge in [0.2, 0.25) is 0 Å². The lowest BCUT2D eigenvalue weighted by Gasteiger charge is -2.41. The lowest BCUT2D eigenvalue weighted by Crippen LogP contribution is -2.59. The van der Waals surface area contributed by atoms with Gasteiger partial charge in [0, 0.05) is 46.5 Å². The SMILES string of the molecule is C[N+]1(c2ccc(N)c(C(=N)c3cc(C(F)(F)F)cc(C(F)(F)F)c3)c2)C(=O)[C@H](N)C(c2ccccc2)c2ccccc21. The van der Waals surface area contributed by atoms with Gasteiger partial charge < -0.3 is 11.5 Å². The van der Waals surface area contributed by atoms with Gasteiger partial charge in [0.15, 0.2) is 0 Å². The number of halogens is 6. The number of likely N-dealkylation sites (N-methyl/N-ethyl adjacent to an activating group) is 1. The summed E-state index contributed by atoms with van der Waals surface area (Å²) in [7, 11) is 1.60. The molecule has 0 saturated heterocycles. The van der Waals surface area contributed by atoms with E-state index in [-0.39, 0.29) is 23.0 Å². The molecule has 1 heterocycles. The molecule has 0 aliphatic carbocycles.